The summed E-state index contributed by atoms with van der Waals surface area (Å²) in [6.07, 6.45) is 6.03. The molecule has 4 heterocycles. The lowest BCUT2D eigenvalue weighted by Gasteiger charge is -2.16. The standard InChI is InChI=1S/C22H25N7O/c1-13-10-23-12-21-16(14(2)28(3)27-21)6-8-20-17-9-15(5-7-19(17)25-26-20)18-11-24-29(4)22(18)30-13/h5-9,11,13,23H,10,12H2,1-4H3,(H,25,26)/b8-6+. The van der Waals surface area contributed by atoms with Gasteiger partial charge in [-0.25, -0.2) is 4.68 Å². The Morgan fingerprint density at radius 2 is 2.03 bits per heavy atom. The van der Waals surface area contributed by atoms with E-state index in [1.807, 2.05) is 31.0 Å². The van der Waals surface area contributed by atoms with E-state index in [0.29, 0.717) is 13.1 Å². The summed E-state index contributed by atoms with van der Waals surface area (Å²) in [6, 6.07) is 6.23. The molecule has 2 bridgehead atoms. The molecule has 0 fully saturated rings. The van der Waals surface area contributed by atoms with Crippen LogP contribution in [0, 0.1) is 6.92 Å². The molecule has 2 N–H and O–H groups in total. The molecule has 0 saturated heterocycles. The van der Waals surface area contributed by atoms with E-state index >= 15 is 0 Å². The van der Waals surface area contributed by atoms with Gasteiger partial charge < -0.3 is 10.1 Å². The number of H-pyrrole nitrogens is 1. The summed E-state index contributed by atoms with van der Waals surface area (Å²) in [5.74, 6) is 0.758. The van der Waals surface area contributed by atoms with E-state index in [0.717, 1.165) is 50.6 Å². The molecule has 0 saturated carbocycles. The minimum absolute atomic E-state index is 0.0266. The summed E-state index contributed by atoms with van der Waals surface area (Å²) in [5, 5.41) is 21.3. The molecule has 5 rings (SSSR count). The zero-order chi connectivity index (χ0) is 20.8. The van der Waals surface area contributed by atoms with Gasteiger partial charge in [-0.1, -0.05) is 6.07 Å². The monoisotopic (exact) mass is 403 g/mol. The molecule has 4 aromatic rings. The first-order valence-electron chi connectivity index (χ1n) is 10.1. The summed E-state index contributed by atoms with van der Waals surface area (Å²) in [7, 11) is 3.88. The van der Waals surface area contributed by atoms with Gasteiger partial charge in [-0.05, 0) is 43.7 Å². The molecule has 1 aliphatic rings. The second kappa shape index (κ2) is 7.14. The van der Waals surface area contributed by atoms with Crippen LogP contribution in [0.4, 0.5) is 0 Å². The van der Waals surface area contributed by atoms with Crippen molar-refractivity contribution in [1.82, 2.24) is 35.1 Å². The van der Waals surface area contributed by atoms with Gasteiger partial charge in [0.1, 0.15) is 6.10 Å². The number of hydrogen-bond donors (Lipinski definition) is 2. The molecule has 1 unspecified atom stereocenters. The van der Waals surface area contributed by atoms with Gasteiger partial charge in [-0.3, -0.25) is 9.78 Å². The molecule has 8 heteroatoms. The summed E-state index contributed by atoms with van der Waals surface area (Å²) < 4.78 is 9.98. The van der Waals surface area contributed by atoms with Gasteiger partial charge in [0.2, 0.25) is 5.88 Å². The maximum Gasteiger partial charge on any atom is 0.219 e. The van der Waals surface area contributed by atoms with E-state index in [4.69, 9.17) is 4.74 Å². The predicted molar refractivity (Wildman–Crippen MR) is 117 cm³/mol. The third-order valence-corrected chi connectivity index (χ3v) is 5.69. The number of rotatable bonds is 0. The molecule has 1 aromatic carbocycles. The third-order valence-electron chi connectivity index (χ3n) is 5.69. The first-order valence-corrected chi connectivity index (χ1v) is 10.1. The van der Waals surface area contributed by atoms with Crippen molar-refractivity contribution in [2.45, 2.75) is 26.5 Å². The Labute approximate surface area is 174 Å². The SMILES string of the molecule is Cc1c2c(nn1C)CNCC(C)Oc1c(cnn1C)-c1ccc3n[nH]c(c3c1)/C=C/2. The second-order valence-electron chi connectivity index (χ2n) is 7.82. The second-order valence-corrected chi connectivity index (χ2v) is 7.82. The number of ether oxygens (including phenoxy) is 1. The van der Waals surface area contributed by atoms with Gasteiger partial charge in [0.05, 0.1) is 28.7 Å². The van der Waals surface area contributed by atoms with Crippen LogP contribution in [0.3, 0.4) is 0 Å². The quantitative estimate of drug-likeness (QED) is 0.471. The number of aromatic amines is 1. The molecule has 0 radical (unpaired) electrons. The molecule has 154 valence electrons. The van der Waals surface area contributed by atoms with Crippen molar-refractivity contribution in [2.24, 2.45) is 14.1 Å². The zero-order valence-corrected chi connectivity index (χ0v) is 17.6. The van der Waals surface area contributed by atoms with E-state index in [1.165, 1.54) is 0 Å². The predicted octanol–water partition coefficient (Wildman–Crippen LogP) is 3.05. The average molecular weight is 403 g/mol. The molecular weight excluding hydrogens is 378 g/mol. The van der Waals surface area contributed by atoms with Crippen LogP contribution in [-0.2, 0) is 20.6 Å². The number of aryl methyl sites for hydroxylation is 2. The molecule has 1 atom stereocenters. The van der Waals surface area contributed by atoms with Crippen molar-refractivity contribution in [1.29, 1.82) is 0 Å². The first-order chi connectivity index (χ1) is 14.5. The fourth-order valence-corrected chi connectivity index (χ4v) is 3.92. The molecule has 8 nitrogen and oxygen atoms in total. The largest absolute Gasteiger partial charge is 0.473 e. The van der Waals surface area contributed by atoms with E-state index in [1.54, 1.807) is 4.68 Å². The van der Waals surface area contributed by atoms with Crippen LogP contribution in [0.15, 0.2) is 24.4 Å². The van der Waals surface area contributed by atoms with Crippen molar-refractivity contribution < 1.29 is 4.74 Å². The van der Waals surface area contributed by atoms with Crippen LogP contribution in [0.1, 0.15) is 29.6 Å². The van der Waals surface area contributed by atoms with Crippen molar-refractivity contribution in [3.05, 3.63) is 47.0 Å². The van der Waals surface area contributed by atoms with Gasteiger partial charge >= 0.3 is 0 Å². The summed E-state index contributed by atoms with van der Waals surface area (Å²) in [6.45, 7) is 5.51. The minimum atomic E-state index is -0.0266. The highest BCUT2D eigenvalue weighted by Gasteiger charge is 2.18. The summed E-state index contributed by atoms with van der Waals surface area (Å²) >= 11 is 0. The minimum Gasteiger partial charge on any atom is -0.473 e. The average Bonchev–Trinajstić information content (AvgIpc) is 3.37. The van der Waals surface area contributed by atoms with Gasteiger partial charge in [0.15, 0.2) is 0 Å². The van der Waals surface area contributed by atoms with Crippen LogP contribution >= 0.6 is 0 Å². The maximum absolute atomic E-state index is 6.28. The van der Waals surface area contributed by atoms with Crippen LogP contribution in [0.5, 0.6) is 5.88 Å². The molecule has 0 amide bonds. The number of benzene rings is 1. The van der Waals surface area contributed by atoms with Crippen LogP contribution < -0.4 is 10.1 Å². The molecule has 0 aliphatic carbocycles. The van der Waals surface area contributed by atoms with E-state index in [9.17, 15) is 0 Å². The van der Waals surface area contributed by atoms with Crippen molar-refractivity contribution in [3.63, 3.8) is 0 Å². The number of nitrogens with zero attached hydrogens (tertiary/aromatic N) is 5. The fraction of sp³-hybridized carbons (Fsp3) is 0.318. The van der Waals surface area contributed by atoms with E-state index in [2.05, 4.69) is 63.8 Å². The number of aromatic nitrogens is 6. The first kappa shape index (κ1) is 18.6. The van der Waals surface area contributed by atoms with E-state index in [-0.39, 0.29) is 6.10 Å². The van der Waals surface area contributed by atoms with Crippen molar-refractivity contribution in [2.75, 3.05) is 6.54 Å². The maximum atomic E-state index is 6.28. The lowest BCUT2D eigenvalue weighted by atomic mass is 10.0. The summed E-state index contributed by atoms with van der Waals surface area (Å²) in [4.78, 5) is 0. The van der Waals surface area contributed by atoms with Crippen LogP contribution in [0.25, 0.3) is 34.2 Å². The smallest absolute Gasteiger partial charge is 0.219 e. The molecule has 0 spiro atoms. The van der Waals surface area contributed by atoms with Crippen LogP contribution in [0.2, 0.25) is 0 Å². The number of nitrogens with one attached hydrogen (secondary N) is 2. The Kier molecular flexibility index (Phi) is 4.43. The number of fused-ring (bicyclic) bond motifs is 4. The lowest BCUT2D eigenvalue weighted by molar-refractivity contribution is 0.199. The molecule has 30 heavy (non-hydrogen) atoms. The van der Waals surface area contributed by atoms with Gasteiger partial charge in [0.25, 0.3) is 0 Å². The Hall–Kier alpha value is -3.39. The van der Waals surface area contributed by atoms with Gasteiger partial charge in [0, 0.05) is 43.8 Å². The third kappa shape index (κ3) is 3.09. The lowest BCUT2D eigenvalue weighted by Crippen LogP contribution is -2.29. The fourth-order valence-electron chi connectivity index (χ4n) is 3.92. The van der Waals surface area contributed by atoms with Crippen molar-refractivity contribution in [3.8, 4) is 17.0 Å². The van der Waals surface area contributed by atoms with Gasteiger partial charge in [-0.15, -0.1) is 0 Å². The zero-order valence-electron chi connectivity index (χ0n) is 17.6. The Morgan fingerprint density at radius 3 is 2.90 bits per heavy atom. The highest BCUT2D eigenvalue weighted by atomic mass is 16.5. The number of hydrogen-bond acceptors (Lipinski definition) is 5. The topological polar surface area (TPSA) is 85.6 Å². The Bertz CT molecular complexity index is 1260. The molecule has 1 aliphatic heterocycles. The normalized spacial score (nSPS) is 17.8. The van der Waals surface area contributed by atoms with E-state index < -0.39 is 0 Å². The van der Waals surface area contributed by atoms with Gasteiger partial charge in [-0.2, -0.15) is 15.3 Å². The molecular formula is C22H25N7O. The van der Waals surface area contributed by atoms with Crippen LogP contribution in [-0.4, -0.2) is 42.4 Å². The molecule has 3 aromatic heterocycles. The Balaban J connectivity index is 1.68. The highest BCUT2D eigenvalue weighted by molar-refractivity contribution is 5.93. The highest BCUT2D eigenvalue weighted by Crippen LogP contribution is 2.33. The summed E-state index contributed by atoms with van der Waals surface area (Å²) in [5.41, 5.74) is 7.17. The Morgan fingerprint density at radius 1 is 1.17 bits per heavy atom. The van der Waals surface area contributed by atoms with Crippen molar-refractivity contribution >= 4 is 23.1 Å².